The van der Waals surface area contributed by atoms with Crippen molar-refractivity contribution in [1.29, 1.82) is 0 Å². The van der Waals surface area contributed by atoms with E-state index in [2.05, 4.69) is 11.4 Å². The van der Waals surface area contributed by atoms with Gasteiger partial charge in [0.15, 0.2) is 0 Å². The molecular weight excluding hydrogens is 174 g/mol. The van der Waals surface area contributed by atoms with Crippen molar-refractivity contribution in [2.45, 2.75) is 44.6 Å². The molecule has 0 aromatic carbocycles. The Morgan fingerprint density at radius 3 is 3.07 bits per heavy atom. The quantitative estimate of drug-likeness (QED) is 0.626. The largest absolute Gasteiger partial charge is 0.392 e. The third-order valence-electron chi connectivity index (χ3n) is 3.50. The fraction of sp³-hybridized carbons (Fsp3) is 0.833. The van der Waals surface area contributed by atoms with Crippen LogP contribution in [0.25, 0.3) is 0 Å². The van der Waals surface area contributed by atoms with Crippen LogP contribution in [-0.4, -0.2) is 24.3 Å². The maximum Gasteiger partial charge on any atom is 0.0629 e. The van der Waals surface area contributed by atoms with Crippen LogP contribution in [0.5, 0.6) is 0 Å². The minimum atomic E-state index is -0.0967. The maximum absolute atomic E-state index is 9.93. The van der Waals surface area contributed by atoms with Gasteiger partial charge in [0.05, 0.1) is 6.10 Å². The molecule has 2 aliphatic rings. The molecule has 0 bridgehead atoms. The zero-order chi connectivity index (χ0) is 9.80. The summed E-state index contributed by atoms with van der Waals surface area (Å²) < 4.78 is 0. The third kappa shape index (κ3) is 2.37. The molecule has 0 unspecified atom stereocenters. The van der Waals surface area contributed by atoms with Crippen LogP contribution in [0.15, 0.2) is 11.6 Å². The number of aliphatic hydroxyl groups excluding tert-OH is 1. The van der Waals surface area contributed by atoms with Crippen molar-refractivity contribution >= 4 is 0 Å². The Morgan fingerprint density at radius 1 is 1.29 bits per heavy atom. The van der Waals surface area contributed by atoms with E-state index in [1.165, 1.54) is 37.7 Å². The molecule has 1 saturated heterocycles. The highest BCUT2D eigenvalue weighted by Gasteiger charge is 2.25. The van der Waals surface area contributed by atoms with Crippen molar-refractivity contribution < 1.29 is 5.11 Å². The van der Waals surface area contributed by atoms with Crippen LogP contribution in [0.4, 0.5) is 0 Å². The number of nitrogens with one attached hydrogen (secondary N) is 1. The summed E-state index contributed by atoms with van der Waals surface area (Å²) in [5.41, 5.74) is 1.52. The summed E-state index contributed by atoms with van der Waals surface area (Å²) >= 11 is 0. The molecule has 2 heteroatoms. The van der Waals surface area contributed by atoms with Crippen molar-refractivity contribution in [3.63, 3.8) is 0 Å². The minimum Gasteiger partial charge on any atom is -0.392 e. The highest BCUT2D eigenvalue weighted by Crippen LogP contribution is 2.27. The summed E-state index contributed by atoms with van der Waals surface area (Å²) in [5.74, 6) is 0.404. The fourth-order valence-electron chi connectivity index (χ4n) is 2.60. The molecule has 0 amide bonds. The molecule has 1 aliphatic heterocycles. The number of hydrogen-bond donors (Lipinski definition) is 2. The second kappa shape index (κ2) is 4.94. The molecule has 0 radical (unpaired) electrons. The monoisotopic (exact) mass is 195 g/mol. The highest BCUT2D eigenvalue weighted by atomic mass is 16.3. The third-order valence-corrected chi connectivity index (χ3v) is 3.50. The molecule has 0 aromatic rings. The zero-order valence-corrected chi connectivity index (χ0v) is 8.84. The van der Waals surface area contributed by atoms with E-state index in [0.717, 1.165) is 19.5 Å². The zero-order valence-electron chi connectivity index (χ0n) is 8.84. The van der Waals surface area contributed by atoms with Gasteiger partial charge in [0.1, 0.15) is 0 Å². The summed E-state index contributed by atoms with van der Waals surface area (Å²) in [6, 6.07) is 0. The Balaban J connectivity index is 2.00. The number of aliphatic hydroxyl groups is 1. The van der Waals surface area contributed by atoms with Crippen LogP contribution < -0.4 is 5.32 Å². The predicted molar refractivity (Wildman–Crippen MR) is 58.2 cm³/mol. The average molecular weight is 195 g/mol. The molecule has 1 aliphatic carbocycles. The Morgan fingerprint density at radius 2 is 2.21 bits per heavy atom. The van der Waals surface area contributed by atoms with Gasteiger partial charge < -0.3 is 10.4 Å². The lowest BCUT2D eigenvalue weighted by Crippen LogP contribution is -2.40. The van der Waals surface area contributed by atoms with Gasteiger partial charge in [-0.25, -0.2) is 0 Å². The number of hydrogen-bond acceptors (Lipinski definition) is 2. The van der Waals surface area contributed by atoms with Crippen LogP contribution in [0.1, 0.15) is 38.5 Å². The summed E-state index contributed by atoms with van der Waals surface area (Å²) in [4.78, 5) is 0. The van der Waals surface area contributed by atoms with Gasteiger partial charge in [-0.2, -0.15) is 0 Å². The number of rotatable bonds is 1. The van der Waals surface area contributed by atoms with E-state index in [-0.39, 0.29) is 6.10 Å². The first-order chi connectivity index (χ1) is 6.88. The van der Waals surface area contributed by atoms with Crippen molar-refractivity contribution in [3.05, 3.63) is 11.6 Å². The SMILES string of the molecule is O[C@H]1CCNC[C@@H]1C1=CCCCCC1. The molecule has 0 aromatic heterocycles. The topological polar surface area (TPSA) is 32.3 Å². The molecular formula is C12H21NO. The molecule has 1 fully saturated rings. The lowest BCUT2D eigenvalue weighted by Gasteiger charge is -2.30. The molecule has 14 heavy (non-hydrogen) atoms. The molecule has 2 atom stereocenters. The first-order valence-corrected chi connectivity index (χ1v) is 5.95. The van der Waals surface area contributed by atoms with Gasteiger partial charge in [-0.1, -0.05) is 18.1 Å². The van der Waals surface area contributed by atoms with Gasteiger partial charge >= 0.3 is 0 Å². The van der Waals surface area contributed by atoms with Crippen molar-refractivity contribution in [2.24, 2.45) is 5.92 Å². The van der Waals surface area contributed by atoms with Gasteiger partial charge in [0, 0.05) is 12.5 Å². The van der Waals surface area contributed by atoms with E-state index in [1.807, 2.05) is 0 Å². The van der Waals surface area contributed by atoms with E-state index in [1.54, 1.807) is 0 Å². The van der Waals surface area contributed by atoms with Crippen LogP contribution in [0, 0.1) is 5.92 Å². The Bertz CT molecular complexity index is 212. The van der Waals surface area contributed by atoms with Gasteiger partial charge in [0.2, 0.25) is 0 Å². The molecule has 2 N–H and O–H groups in total. The van der Waals surface area contributed by atoms with E-state index in [4.69, 9.17) is 0 Å². The van der Waals surface area contributed by atoms with Crippen molar-refractivity contribution in [3.8, 4) is 0 Å². The van der Waals surface area contributed by atoms with E-state index < -0.39 is 0 Å². The lowest BCUT2D eigenvalue weighted by atomic mass is 9.86. The Hall–Kier alpha value is -0.340. The molecule has 0 saturated carbocycles. The van der Waals surface area contributed by atoms with Gasteiger partial charge in [-0.3, -0.25) is 0 Å². The standard InChI is InChI=1S/C12H21NO/c14-12-7-8-13-9-11(12)10-5-3-1-2-4-6-10/h5,11-14H,1-4,6-9H2/t11-,12+/m1/s1. The smallest absolute Gasteiger partial charge is 0.0629 e. The second-order valence-electron chi connectivity index (χ2n) is 4.55. The molecule has 1 heterocycles. The van der Waals surface area contributed by atoms with E-state index in [0.29, 0.717) is 5.92 Å². The predicted octanol–water partition coefficient (Wildman–Crippen LogP) is 1.85. The Kier molecular flexibility index (Phi) is 3.60. The number of allylic oxidation sites excluding steroid dienone is 1. The summed E-state index contributed by atoms with van der Waals surface area (Å²) in [5, 5.41) is 13.3. The lowest BCUT2D eigenvalue weighted by molar-refractivity contribution is 0.0943. The second-order valence-corrected chi connectivity index (χ2v) is 4.55. The Labute approximate surface area is 86.4 Å². The van der Waals surface area contributed by atoms with Crippen molar-refractivity contribution in [1.82, 2.24) is 5.32 Å². The molecule has 2 nitrogen and oxygen atoms in total. The van der Waals surface area contributed by atoms with Gasteiger partial charge in [-0.15, -0.1) is 0 Å². The van der Waals surface area contributed by atoms with Gasteiger partial charge in [-0.05, 0) is 38.6 Å². The number of piperidine rings is 1. The van der Waals surface area contributed by atoms with E-state index in [9.17, 15) is 5.11 Å². The maximum atomic E-state index is 9.93. The normalized spacial score (nSPS) is 34.8. The first kappa shape index (κ1) is 10.2. The molecule has 80 valence electrons. The first-order valence-electron chi connectivity index (χ1n) is 5.95. The van der Waals surface area contributed by atoms with Crippen LogP contribution in [0.3, 0.4) is 0 Å². The summed E-state index contributed by atoms with van der Waals surface area (Å²) in [6.45, 7) is 1.96. The minimum absolute atomic E-state index is 0.0967. The van der Waals surface area contributed by atoms with Crippen molar-refractivity contribution in [2.75, 3.05) is 13.1 Å². The van der Waals surface area contributed by atoms with Crippen LogP contribution in [0.2, 0.25) is 0 Å². The van der Waals surface area contributed by atoms with Crippen LogP contribution in [-0.2, 0) is 0 Å². The van der Waals surface area contributed by atoms with Gasteiger partial charge in [0.25, 0.3) is 0 Å². The fourth-order valence-corrected chi connectivity index (χ4v) is 2.60. The average Bonchev–Trinajstić information content (AvgIpc) is 2.47. The highest BCUT2D eigenvalue weighted by molar-refractivity contribution is 5.11. The summed E-state index contributed by atoms with van der Waals surface area (Å²) in [6.07, 6.45) is 9.64. The summed E-state index contributed by atoms with van der Waals surface area (Å²) in [7, 11) is 0. The van der Waals surface area contributed by atoms with Crippen LogP contribution >= 0.6 is 0 Å². The van der Waals surface area contributed by atoms with E-state index >= 15 is 0 Å². The molecule has 2 rings (SSSR count). The molecule has 0 spiro atoms.